The van der Waals surface area contributed by atoms with Crippen LogP contribution in [0.2, 0.25) is 0 Å². The predicted molar refractivity (Wildman–Crippen MR) is 78.1 cm³/mol. The van der Waals surface area contributed by atoms with Gasteiger partial charge in [0.2, 0.25) is 5.91 Å². The molecule has 2 aliphatic heterocycles. The Balaban J connectivity index is 1.59. The predicted octanol–water partition coefficient (Wildman–Crippen LogP) is 1.32. The summed E-state index contributed by atoms with van der Waals surface area (Å²) in [5, 5.41) is 8.98. The van der Waals surface area contributed by atoms with E-state index in [1.807, 2.05) is 18.2 Å². The molecule has 0 aliphatic carbocycles. The average Bonchev–Trinajstić information content (AvgIpc) is 2.55. The number of aliphatic carboxylic acids is 1. The Bertz CT molecular complexity index is 578. The van der Waals surface area contributed by atoms with E-state index in [2.05, 4.69) is 0 Å². The number of hydrogen-bond acceptors (Lipinski definition) is 4. The number of benzene rings is 1. The first-order chi connectivity index (χ1) is 10.6. The van der Waals surface area contributed by atoms with E-state index >= 15 is 0 Å². The number of likely N-dealkylation sites (tertiary alicyclic amines) is 1. The third-order valence-electron chi connectivity index (χ3n) is 4.16. The van der Waals surface area contributed by atoms with Gasteiger partial charge in [-0.25, -0.2) is 0 Å². The van der Waals surface area contributed by atoms with E-state index in [4.69, 9.17) is 14.6 Å². The van der Waals surface area contributed by atoms with Crippen molar-refractivity contribution in [3.63, 3.8) is 0 Å². The number of fused-ring (bicyclic) bond motifs is 1. The molecule has 2 aliphatic rings. The molecule has 0 bridgehead atoms. The molecule has 6 heteroatoms. The van der Waals surface area contributed by atoms with Crippen LogP contribution in [-0.2, 0) is 16.0 Å². The van der Waals surface area contributed by atoms with Crippen LogP contribution in [0.1, 0.15) is 18.4 Å². The summed E-state index contributed by atoms with van der Waals surface area (Å²) >= 11 is 0. The Morgan fingerprint density at radius 2 is 1.82 bits per heavy atom. The first-order valence-corrected chi connectivity index (χ1v) is 7.52. The number of amides is 1. The van der Waals surface area contributed by atoms with Crippen molar-refractivity contribution in [2.75, 3.05) is 26.3 Å². The molecule has 1 aromatic rings. The number of ether oxygens (including phenoxy) is 2. The largest absolute Gasteiger partial charge is 0.486 e. The molecule has 0 unspecified atom stereocenters. The molecule has 6 nitrogen and oxygen atoms in total. The van der Waals surface area contributed by atoms with E-state index in [1.165, 1.54) is 0 Å². The molecule has 0 spiro atoms. The molecule has 3 rings (SSSR count). The second kappa shape index (κ2) is 6.25. The number of nitrogens with zero attached hydrogens (tertiary/aromatic N) is 1. The van der Waals surface area contributed by atoms with Crippen molar-refractivity contribution >= 4 is 11.9 Å². The third kappa shape index (κ3) is 3.16. The van der Waals surface area contributed by atoms with Gasteiger partial charge in [-0.3, -0.25) is 9.59 Å². The van der Waals surface area contributed by atoms with Gasteiger partial charge in [0.15, 0.2) is 11.5 Å². The van der Waals surface area contributed by atoms with Crippen LogP contribution in [0.15, 0.2) is 18.2 Å². The van der Waals surface area contributed by atoms with E-state index < -0.39 is 5.97 Å². The van der Waals surface area contributed by atoms with E-state index in [0.29, 0.717) is 57.1 Å². The number of carbonyl (C=O) groups is 2. The Morgan fingerprint density at radius 3 is 2.50 bits per heavy atom. The van der Waals surface area contributed by atoms with E-state index in [0.717, 1.165) is 5.56 Å². The molecule has 1 fully saturated rings. The van der Waals surface area contributed by atoms with Gasteiger partial charge >= 0.3 is 5.97 Å². The number of rotatable bonds is 3. The average molecular weight is 305 g/mol. The molecule has 0 radical (unpaired) electrons. The highest BCUT2D eigenvalue weighted by Crippen LogP contribution is 2.31. The molecular weight excluding hydrogens is 286 g/mol. The van der Waals surface area contributed by atoms with Gasteiger partial charge in [-0.2, -0.15) is 0 Å². The summed E-state index contributed by atoms with van der Waals surface area (Å²) in [6, 6.07) is 5.54. The van der Waals surface area contributed by atoms with E-state index in [-0.39, 0.29) is 11.8 Å². The Labute approximate surface area is 128 Å². The Morgan fingerprint density at radius 1 is 1.14 bits per heavy atom. The van der Waals surface area contributed by atoms with Crippen molar-refractivity contribution in [3.8, 4) is 11.5 Å². The van der Waals surface area contributed by atoms with E-state index in [9.17, 15) is 9.59 Å². The number of carbonyl (C=O) groups excluding carboxylic acids is 1. The summed E-state index contributed by atoms with van der Waals surface area (Å²) in [4.78, 5) is 25.0. The van der Waals surface area contributed by atoms with Crippen LogP contribution < -0.4 is 9.47 Å². The fraction of sp³-hybridized carbons (Fsp3) is 0.500. The highest BCUT2D eigenvalue weighted by molar-refractivity contribution is 5.79. The second-order valence-corrected chi connectivity index (χ2v) is 5.65. The Hall–Kier alpha value is -2.24. The van der Waals surface area contributed by atoms with Crippen LogP contribution in [-0.4, -0.2) is 48.2 Å². The normalized spacial score (nSPS) is 18.1. The van der Waals surface area contributed by atoms with Gasteiger partial charge < -0.3 is 19.5 Å². The SMILES string of the molecule is O=C(O)C1CCN(C(=O)Cc2ccc3c(c2)OCCO3)CC1. The molecule has 118 valence electrons. The molecule has 0 atom stereocenters. The second-order valence-electron chi connectivity index (χ2n) is 5.65. The smallest absolute Gasteiger partial charge is 0.306 e. The molecule has 2 heterocycles. The van der Waals surface area contributed by atoms with Gasteiger partial charge in [0.05, 0.1) is 12.3 Å². The Kier molecular flexibility index (Phi) is 4.18. The molecule has 0 saturated carbocycles. The molecule has 1 N–H and O–H groups in total. The lowest BCUT2D eigenvalue weighted by Crippen LogP contribution is -2.41. The lowest BCUT2D eigenvalue weighted by atomic mass is 9.96. The highest BCUT2D eigenvalue weighted by Gasteiger charge is 2.27. The lowest BCUT2D eigenvalue weighted by molar-refractivity contribution is -0.145. The molecule has 0 aromatic heterocycles. The van der Waals surface area contributed by atoms with Crippen molar-refractivity contribution in [1.82, 2.24) is 4.90 Å². The summed E-state index contributed by atoms with van der Waals surface area (Å²) in [5.74, 6) is 0.337. The van der Waals surface area contributed by atoms with Crippen molar-refractivity contribution < 1.29 is 24.2 Å². The highest BCUT2D eigenvalue weighted by atomic mass is 16.6. The first-order valence-electron chi connectivity index (χ1n) is 7.52. The molecule has 1 saturated heterocycles. The summed E-state index contributed by atoms with van der Waals surface area (Å²) in [5.41, 5.74) is 0.884. The monoisotopic (exact) mass is 305 g/mol. The number of hydrogen-bond donors (Lipinski definition) is 1. The zero-order chi connectivity index (χ0) is 15.5. The van der Waals surface area contributed by atoms with E-state index in [1.54, 1.807) is 4.90 Å². The van der Waals surface area contributed by atoms with Crippen molar-refractivity contribution in [2.45, 2.75) is 19.3 Å². The van der Waals surface area contributed by atoms with Gasteiger partial charge in [0.1, 0.15) is 13.2 Å². The quantitative estimate of drug-likeness (QED) is 0.911. The molecule has 1 aromatic carbocycles. The van der Waals surface area contributed by atoms with Gasteiger partial charge in [-0.15, -0.1) is 0 Å². The zero-order valence-electron chi connectivity index (χ0n) is 12.3. The topological polar surface area (TPSA) is 76.1 Å². The molecular formula is C16H19NO5. The van der Waals surface area contributed by atoms with Crippen molar-refractivity contribution in [1.29, 1.82) is 0 Å². The number of carboxylic acids is 1. The fourth-order valence-electron chi connectivity index (χ4n) is 2.86. The van der Waals surface area contributed by atoms with Crippen molar-refractivity contribution in [3.05, 3.63) is 23.8 Å². The maximum absolute atomic E-state index is 12.3. The standard InChI is InChI=1S/C16H19NO5/c18-15(17-5-3-12(4-6-17)16(19)20)10-11-1-2-13-14(9-11)22-8-7-21-13/h1-2,9,12H,3-8,10H2,(H,19,20). The molecule has 22 heavy (non-hydrogen) atoms. The number of carboxylic acid groups (broad SMARTS) is 1. The van der Waals surface area contributed by atoms with Gasteiger partial charge in [-0.05, 0) is 30.5 Å². The van der Waals surface area contributed by atoms with Crippen LogP contribution in [0, 0.1) is 5.92 Å². The zero-order valence-corrected chi connectivity index (χ0v) is 12.3. The lowest BCUT2D eigenvalue weighted by Gasteiger charge is -2.30. The summed E-state index contributed by atoms with van der Waals surface area (Å²) in [6.07, 6.45) is 1.36. The van der Waals surface area contributed by atoms with Crippen LogP contribution in [0.4, 0.5) is 0 Å². The summed E-state index contributed by atoms with van der Waals surface area (Å²) in [7, 11) is 0. The van der Waals surface area contributed by atoms with Gasteiger partial charge in [0.25, 0.3) is 0 Å². The fourth-order valence-corrected chi connectivity index (χ4v) is 2.86. The summed E-state index contributed by atoms with van der Waals surface area (Å²) in [6.45, 7) is 2.09. The maximum atomic E-state index is 12.3. The van der Waals surface area contributed by atoms with Crippen LogP contribution >= 0.6 is 0 Å². The van der Waals surface area contributed by atoms with Crippen molar-refractivity contribution in [2.24, 2.45) is 5.92 Å². The van der Waals surface area contributed by atoms with Crippen LogP contribution in [0.3, 0.4) is 0 Å². The minimum Gasteiger partial charge on any atom is -0.486 e. The number of piperidine rings is 1. The van der Waals surface area contributed by atoms with Crippen LogP contribution in [0.5, 0.6) is 11.5 Å². The minimum absolute atomic E-state index is 0.0283. The molecule has 1 amide bonds. The minimum atomic E-state index is -0.765. The van der Waals surface area contributed by atoms with Crippen LogP contribution in [0.25, 0.3) is 0 Å². The maximum Gasteiger partial charge on any atom is 0.306 e. The first kappa shape index (κ1) is 14.7. The van der Waals surface area contributed by atoms with Gasteiger partial charge in [-0.1, -0.05) is 6.07 Å². The third-order valence-corrected chi connectivity index (χ3v) is 4.16. The van der Waals surface area contributed by atoms with Gasteiger partial charge in [0, 0.05) is 13.1 Å². The summed E-state index contributed by atoms with van der Waals surface area (Å²) < 4.78 is 11.0.